The van der Waals surface area contributed by atoms with Gasteiger partial charge in [0.15, 0.2) is 17.6 Å². The standard InChI is InChI=1S/C19H23N5O5/c1-27-13-5-4-11(8-14(13)28-2)16-17(29-10-15(25)23-16)19(26)22-12-9-21-24-7-3-6-20-18(12)24/h4-5,8-9,16-17,20H,3,6-7,10H2,1-2H3,(H,22,26)(H,23,25)/t16-,17+/m1/s1. The van der Waals surface area contributed by atoms with Gasteiger partial charge in [-0.1, -0.05) is 6.07 Å². The van der Waals surface area contributed by atoms with Crippen LogP contribution in [0.15, 0.2) is 24.4 Å². The fourth-order valence-electron chi connectivity index (χ4n) is 3.56. The third-order valence-corrected chi connectivity index (χ3v) is 4.97. The number of benzene rings is 1. The van der Waals surface area contributed by atoms with Gasteiger partial charge in [0.25, 0.3) is 5.91 Å². The molecule has 0 saturated carbocycles. The molecular weight excluding hydrogens is 378 g/mol. The Bertz CT molecular complexity index is 928. The number of hydrogen-bond donors (Lipinski definition) is 3. The number of nitrogens with one attached hydrogen (secondary N) is 3. The van der Waals surface area contributed by atoms with E-state index in [1.165, 1.54) is 7.11 Å². The summed E-state index contributed by atoms with van der Waals surface area (Å²) in [5.41, 5.74) is 1.26. The minimum Gasteiger partial charge on any atom is -0.493 e. The maximum atomic E-state index is 13.0. The summed E-state index contributed by atoms with van der Waals surface area (Å²) in [5, 5.41) is 13.2. The largest absolute Gasteiger partial charge is 0.493 e. The highest BCUT2D eigenvalue weighted by Crippen LogP contribution is 2.33. The zero-order chi connectivity index (χ0) is 20.4. The Labute approximate surface area is 167 Å². The number of methoxy groups -OCH3 is 2. The summed E-state index contributed by atoms with van der Waals surface area (Å²) in [4.78, 5) is 25.0. The number of nitrogens with zero attached hydrogens (tertiary/aromatic N) is 2. The van der Waals surface area contributed by atoms with E-state index in [1.807, 2.05) is 4.68 Å². The Morgan fingerprint density at radius 2 is 2.14 bits per heavy atom. The molecule has 1 aromatic heterocycles. The predicted octanol–water partition coefficient (Wildman–Crippen LogP) is 0.911. The van der Waals surface area contributed by atoms with Gasteiger partial charge in [-0.05, 0) is 24.1 Å². The fourth-order valence-corrected chi connectivity index (χ4v) is 3.56. The topological polar surface area (TPSA) is 116 Å². The maximum absolute atomic E-state index is 13.0. The van der Waals surface area contributed by atoms with Crippen LogP contribution in [0.3, 0.4) is 0 Å². The van der Waals surface area contributed by atoms with Crippen LogP contribution >= 0.6 is 0 Å². The van der Waals surface area contributed by atoms with Gasteiger partial charge in [0.2, 0.25) is 5.91 Å². The number of amides is 2. The van der Waals surface area contributed by atoms with Crippen molar-refractivity contribution in [3.63, 3.8) is 0 Å². The second-order valence-electron chi connectivity index (χ2n) is 6.79. The number of fused-ring (bicyclic) bond motifs is 1. The van der Waals surface area contributed by atoms with Crippen LogP contribution in [0, 0.1) is 0 Å². The van der Waals surface area contributed by atoms with Crippen LogP contribution in [0.25, 0.3) is 0 Å². The van der Waals surface area contributed by atoms with E-state index in [0.717, 1.165) is 25.3 Å². The van der Waals surface area contributed by atoms with Crippen molar-refractivity contribution in [3.05, 3.63) is 30.0 Å². The third kappa shape index (κ3) is 3.70. The van der Waals surface area contributed by atoms with E-state index in [1.54, 1.807) is 31.5 Å². The Kier molecular flexibility index (Phi) is 5.26. The van der Waals surface area contributed by atoms with Gasteiger partial charge >= 0.3 is 0 Å². The molecule has 2 aliphatic heterocycles. The van der Waals surface area contributed by atoms with Crippen LogP contribution in [-0.4, -0.2) is 55.1 Å². The first-order chi connectivity index (χ1) is 14.1. The van der Waals surface area contributed by atoms with Crippen LogP contribution in [0.4, 0.5) is 11.5 Å². The first-order valence-corrected chi connectivity index (χ1v) is 9.34. The zero-order valence-electron chi connectivity index (χ0n) is 16.2. The molecule has 3 N–H and O–H groups in total. The number of carbonyl (C=O) groups is 2. The van der Waals surface area contributed by atoms with E-state index in [-0.39, 0.29) is 18.4 Å². The number of anilines is 2. The summed E-state index contributed by atoms with van der Waals surface area (Å²) >= 11 is 0. The van der Waals surface area contributed by atoms with E-state index in [0.29, 0.717) is 22.7 Å². The molecule has 3 heterocycles. The Morgan fingerprint density at radius 3 is 2.93 bits per heavy atom. The number of ether oxygens (including phenoxy) is 3. The van der Waals surface area contributed by atoms with Crippen molar-refractivity contribution in [2.45, 2.75) is 25.1 Å². The molecule has 0 radical (unpaired) electrons. The number of aromatic nitrogens is 2. The van der Waals surface area contributed by atoms with Gasteiger partial charge in [-0.3, -0.25) is 9.59 Å². The minimum absolute atomic E-state index is 0.188. The lowest BCUT2D eigenvalue weighted by Crippen LogP contribution is -2.50. The molecule has 0 unspecified atom stereocenters. The molecule has 1 saturated heterocycles. The molecule has 2 aromatic rings. The lowest BCUT2D eigenvalue weighted by atomic mass is 9.98. The number of morpholine rings is 1. The molecule has 1 aromatic carbocycles. The number of hydrogen-bond acceptors (Lipinski definition) is 7. The van der Waals surface area contributed by atoms with Gasteiger partial charge in [-0.15, -0.1) is 0 Å². The quantitative estimate of drug-likeness (QED) is 0.682. The van der Waals surface area contributed by atoms with E-state index < -0.39 is 12.1 Å². The molecule has 2 atom stereocenters. The molecule has 2 amide bonds. The van der Waals surface area contributed by atoms with Crippen molar-refractivity contribution in [2.24, 2.45) is 0 Å². The fraction of sp³-hybridized carbons (Fsp3) is 0.421. The van der Waals surface area contributed by atoms with Crippen molar-refractivity contribution in [1.82, 2.24) is 15.1 Å². The highest BCUT2D eigenvalue weighted by atomic mass is 16.5. The number of rotatable bonds is 5. The molecule has 154 valence electrons. The Balaban J connectivity index is 1.58. The van der Waals surface area contributed by atoms with Gasteiger partial charge in [0.05, 0.1) is 26.5 Å². The lowest BCUT2D eigenvalue weighted by Gasteiger charge is -2.32. The summed E-state index contributed by atoms with van der Waals surface area (Å²) in [6.07, 6.45) is 1.67. The van der Waals surface area contributed by atoms with E-state index in [4.69, 9.17) is 14.2 Å². The van der Waals surface area contributed by atoms with Gasteiger partial charge in [-0.2, -0.15) is 5.10 Å². The Morgan fingerprint density at radius 1 is 1.31 bits per heavy atom. The molecular formula is C19H23N5O5. The monoisotopic (exact) mass is 401 g/mol. The van der Waals surface area contributed by atoms with Crippen molar-refractivity contribution < 1.29 is 23.8 Å². The molecule has 0 aliphatic carbocycles. The van der Waals surface area contributed by atoms with E-state index in [9.17, 15) is 9.59 Å². The van der Waals surface area contributed by atoms with Crippen LogP contribution in [-0.2, 0) is 20.9 Å². The maximum Gasteiger partial charge on any atom is 0.256 e. The summed E-state index contributed by atoms with van der Waals surface area (Å²) in [6, 6.07) is 4.55. The van der Waals surface area contributed by atoms with Crippen LogP contribution in [0.5, 0.6) is 11.5 Å². The van der Waals surface area contributed by atoms with Crippen LogP contribution < -0.4 is 25.4 Å². The van der Waals surface area contributed by atoms with Gasteiger partial charge in [0.1, 0.15) is 18.1 Å². The summed E-state index contributed by atoms with van der Waals surface area (Å²) in [6.45, 7) is 1.42. The first-order valence-electron chi connectivity index (χ1n) is 9.34. The van der Waals surface area contributed by atoms with Crippen molar-refractivity contribution in [2.75, 3.05) is 38.0 Å². The molecule has 2 aliphatic rings. The van der Waals surface area contributed by atoms with Crippen LogP contribution in [0.1, 0.15) is 18.0 Å². The molecule has 10 heteroatoms. The van der Waals surface area contributed by atoms with Gasteiger partial charge < -0.3 is 30.2 Å². The van der Waals surface area contributed by atoms with Crippen molar-refractivity contribution >= 4 is 23.3 Å². The Hall–Kier alpha value is -3.27. The molecule has 4 rings (SSSR count). The highest BCUT2D eigenvalue weighted by Gasteiger charge is 2.37. The minimum atomic E-state index is -0.912. The molecule has 10 nitrogen and oxygen atoms in total. The number of carbonyl (C=O) groups excluding carboxylic acids is 2. The second-order valence-corrected chi connectivity index (χ2v) is 6.79. The average Bonchev–Trinajstić information content (AvgIpc) is 3.16. The van der Waals surface area contributed by atoms with E-state index >= 15 is 0 Å². The lowest BCUT2D eigenvalue weighted by molar-refractivity contribution is -0.145. The average molecular weight is 401 g/mol. The zero-order valence-corrected chi connectivity index (χ0v) is 16.2. The second kappa shape index (κ2) is 8.00. The molecule has 1 fully saturated rings. The summed E-state index contributed by atoms with van der Waals surface area (Å²) in [5.74, 6) is 1.16. The smallest absolute Gasteiger partial charge is 0.256 e. The third-order valence-electron chi connectivity index (χ3n) is 4.97. The molecule has 0 spiro atoms. The van der Waals surface area contributed by atoms with E-state index in [2.05, 4.69) is 21.0 Å². The summed E-state index contributed by atoms with van der Waals surface area (Å²) in [7, 11) is 3.07. The van der Waals surface area contributed by atoms with Crippen molar-refractivity contribution in [1.29, 1.82) is 0 Å². The SMILES string of the molecule is COc1ccc([C@H]2NC(=O)CO[C@@H]2C(=O)Nc2cnn3c2NCCC3)cc1OC. The van der Waals surface area contributed by atoms with Crippen LogP contribution in [0.2, 0.25) is 0 Å². The molecule has 0 bridgehead atoms. The van der Waals surface area contributed by atoms with Crippen molar-refractivity contribution in [3.8, 4) is 11.5 Å². The predicted molar refractivity (Wildman–Crippen MR) is 104 cm³/mol. The first kappa shape index (κ1) is 19.1. The highest BCUT2D eigenvalue weighted by molar-refractivity contribution is 5.98. The van der Waals surface area contributed by atoms with Gasteiger partial charge in [-0.25, -0.2) is 4.68 Å². The van der Waals surface area contributed by atoms with Gasteiger partial charge in [0, 0.05) is 13.1 Å². The normalized spacial score (nSPS) is 20.8. The number of aryl methyl sites for hydroxylation is 1. The molecule has 29 heavy (non-hydrogen) atoms. The summed E-state index contributed by atoms with van der Waals surface area (Å²) < 4.78 is 18.0.